The summed E-state index contributed by atoms with van der Waals surface area (Å²) in [6.45, 7) is 4.66. The van der Waals surface area contributed by atoms with Gasteiger partial charge in [-0.3, -0.25) is 0 Å². The fourth-order valence-electron chi connectivity index (χ4n) is 8.60. The number of hydrogen-bond donors (Lipinski definition) is 2. The monoisotopic (exact) mass is 485 g/mol. The van der Waals surface area contributed by atoms with E-state index >= 15 is 0 Å². The maximum atomic E-state index is 11.2. The Kier molecular flexibility index (Phi) is 4.65. The lowest BCUT2D eigenvalue weighted by Gasteiger charge is -2.56. The minimum absolute atomic E-state index is 0.0402. The Morgan fingerprint density at radius 1 is 1.17 bits per heavy atom. The molecule has 1 aromatic heterocycles. The molecule has 7 atom stereocenters. The van der Waals surface area contributed by atoms with Gasteiger partial charge in [0, 0.05) is 29.0 Å². The summed E-state index contributed by atoms with van der Waals surface area (Å²) < 4.78 is 7.31. The van der Waals surface area contributed by atoms with Crippen LogP contribution in [0.1, 0.15) is 51.5 Å². The molecule has 1 saturated carbocycles. The van der Waals surface area contributed by atoms with Gasteiger partial charge in [-0.1, -0.05) is 30.7 Å². The van der Waals surface area contributed by atoms with E-state index in [1.807, 2.05) is 25.2 Å². The van der Waals surface area contributed by atoms with Crippen molar-refractivity contribution in [3.8, 4) is 0 Å². The molecule has 6 heteroatoms. The highest BCUT2D eigenvalue weighted by Crippen LogP contribution is 2.69. The van der Waals surface area contributed by atoms with Crippen LogP contribution in [0.3, 0.4) is 0 Å². The Bertz CT molecular complexity index is 1380. The topological polar surface area (TPSA) is 78.7 Å². The van der Waals surface area contributed by atoms with Crippen molar-refractivity contribution in [1.29, 1.82) is 0 Å². The van der Waals surface area contributed by atoms with Crippen molar-refractivity contribution in [2.24, 2.45) is 11.3 Å². The number of benzene rings is 1. The van der Waals surface area contributed by atoms with Gasteiger partial charge in [-0.2, -0.15) is 0 Å². The SMILES string of the molecule is CC1=C2C=C3C(O)C(O)C(N(C)C)CC34CCC2(O4)C2CC=C(c3ccc4ncncc4c3)C2(C)C1. The van der Waals surface area contributed by atoms with E-state index in [1.54, 1.807) is 6.33 Å². The molecule has 0 radical (unpaired) electrons. The van der Waals surface area contributed by atoms with Crippen molar-refractivity contribution < 1.29 is 14.9 Å². The molecular weight excluding hydrogens is 450 g/mol. The van der Waals surface area contributed by atoms with Gasteiger partial charge in [0.15, 0.2) is 0 Å². The molecule has 2 aliphatic heterocycles. The predicted octanol–water partition coefficient (Wildman–Crippen LogP) is 4.04. The number of nitrogens with zero attached hydrogens (tertiary/aromatic N) is 3. The fraction of sp³-hybridized carbons (Fsp3) is 0.533. The number of likely N-dealkylation sites (N-methyl/N-ethyl adjacent to an activating group) is 1. The second kappa shape index (κ2) is 7.35. The predicted molar refractivity (Wildman–Crippen MR) is 139 cm³/mol. The molecule has 1 saturated heterocycles. The van der Waals surface area contributed by atoms with Crippen LogP contribution in [0.5, 0.6) is 0 Å². The number of aromatic nitrogens is 2. The van der Waals surface area contributed by atoms with E-state index in [0.717, 1.165) is 42.2 Å². The highest BCUT2D eigenvalue weighted by Gasteiger charge is 2.68. The van der Waals surface area contributed by atoms with E-state index in [0.29, 0.717) is 12.3 Å². The molecule has 1 aromatic carbocycles. The van der Waals surface area contributed by atoms with E-state index < -0.39 is 17.8 Å². The highest BCUT2D eigenvalue weighted by molar-refractivity contribution is 5.85. The maximum absolute atomic E-state index is 11.2. The van der Waals surface area contributed by atoms with E-state index in [4.69, 9.17) is 4.74 Å². The van der Waals surface area contributed by atoms with E-state index in [9.17, 15) is 10.2 Å². The minimum atomic E-state index is -0.895. The Balaban J connectivity index is 1.33. The first-order valence-electron chi connectivity index (χ1n) is 13.2. The number of aliphatic hydroxyl groups is 2. The first kappa shape index (κ1) is 22.8. The molecule has 2 spiro atoms. The molecule has 2 fully saturated rings. The van der Waals surface area contributed by atoms with Gasteiger partial charge < -0.3 is 19.8 Å². The second-order valence-electron chi connectivity index (χ2n) is 12.2. The Hall–Kier alpha value is -2.38. The number of allylic oxidation sites excluding steroid dienone is 3. The largest absolute Gasteiger partial charge is 0.388 e. The average molecular weight is 486 g/mol. The molecule has 3 heterocycles. The summed E-state index contributed by atoms with van der Waals surface area (Å²) >= 11 is 0. The normalized spacial score (nSPS) is 41.2. The molecule has 7 rings (SSSR count). The van der Waals surface area contributed by atoms with E-state index in [1.165, 1.54) is 22.3 Å². The van der Waals surface area contributed by atoms with Gasteiger partial charge in [-0.15, -0.1) is 0 Å². The maximum Gasteiger partial charge on any atom is 0.116 e. The van der Waals surface area contributed by atoms with Crippen molar-refractivity contribution in [2.45, 2.75) is 75.4 Å². The number of fused-ring (bicyclic) bond motifs is 2. The molecule has 2 bridgehead atoms. The summed E-state index contributed by atoms with van der Waals surface area (Å²) in [5, 5.41) is 23.2. The van der Waals surface area contributed by atoms with Crippen LogP contribution in [-0.2, 0) is 4.74 Å². The fourth-order valence-corrected chi connectivity index (χ4v) is 8.60. The lowest BCUT2D eigenvalue weighted by atomic mass is 9.56. The standard InChI is InChI=1S/C30H35N3O3/c1-17-13-28(2)20(18-5-7-23-19(11-18)15-31-16-32-23)6-8-25(28)30-10-9-29(36-30)14-24(33(3)4)27(35)26(34)22(29)12-21(17)30/h5-7,11-12,15-16,24-27,34-35H,8-10,13-14H2,1-4H3. The summed E-state index contributed by atoms with van der Waals surface area (Å²) in [5.41, 5.74) is 6.20. The Morgan fingerprint density at radius 3 is 2.81 bits per heavy atom. The lowest BCUT2D eigenvalue weighted by molar-refractivity contribution is -0.162. The van der Waals surface area contributed by atoms with Gasteiger partial charge in [0.05, 0.1) is 22.8 Å². The van der Waals surface area contributed by atoms with Gasteiger partial charge >= 0.3 is 0 Å². The third kappa shape index (κ3) is 2.76. The van der Waals surface area contributed by atoms with Crippen LogP contribution in [0.4, 0.5) is 0 Å². The van der Waals surface area contributed by atoms with Crippen LogP contribution < -0.4 is 0 Å². The van der Waals surface area contributed by atoms with Crippen LogP contribution >= 0.6 is 0 Å². The number of rotatable bonds is 2. The molecule has 36 heavy (non-hydrogen) atoms. The van der Waals surface area contributed by atoms with E-state index in [-0.39, 0.29) is 17.1 Å². The van der Waals surface area contributed by atoms with Crippen LogP contribution in [0.25, 0.3) is 16.5 Å². The summed E-state index contributed by atoms with van der Waals surface area (Å²) in [6, 6.07) is 6.41. The van der Waals surface area contributed by atoms with E-state index in [2.05, 4.69) is 54.2 Å². The van der Waals surface area contributed by atoms with Crippen molar-refractivity contribution in [1.82, 2.24) is 14.9 Å². The van der Waals surface area contributed by atoms with Crippen LogP contribution in [0.15, 0.2) is 59.6 Å². The molecule has 188 valence electrons. The third-order valence-corrected chi connectivity index (χ3v) is 10.2. The zero-order chi connectivity index (χ0) is 25.0. The Labute approximate surface area is 212 Å². The average Bonchev–Trinajstić information content (AvgIpc) is 3.36. The molecule has 2 N–H and O–H groups in total. The van der Waals surface area contributed by atoms with Crippen molar-refractivity contribution in [2.75, 3.05) is 14.1 Å². The van der Waals surface area contributed by atoms with Crippen molar-refractivity contribution in [3.05, 3.63) is 65.2 Å². The molecule has 0 amide bonds. The summed E-state index contributed by atoms with van der Waals surface area (Å²) in [4.78, 5) is 10.7. The quantitative estimate of drug-likeness (QED) is 0.669. The summed E-state index contributed by atoms with van der Waals surface area (Å²) in [5.74, 6) is 0.334. The van der Waals surface area contributed by atoms with Crippen molar-refractivity contribution in [3.63, 3.8) is 0 Å². The molecule has 6 nitrogen and oxygen atoms in total. The summed E-state index contributed by atoms with van der Waals surface area (Å²) in [7, 11) is 3.96. The first-order chi connectivity index (χ1) is 17.2. The first-order valence-corrected chi connectivity index (χ1v) is 13.2. The van der Waals surface area contributed by atoms with Gasteiger partial charge in [0.25, 0.3) is 0 Å². The zero-order valence-electron chi connectivity index (χ0n) is 21.5. The molecular formula is C30H35N3O3. The smallest absolute Gasteiger partial charge is 0.116 e. The third-order valence-electron chi connectivity index (χ3n) is 10.2. The number of ether oxygens (including phenoxy) is 1. The summed E-state index contributed by atoms with van der Waals surface area (Å²) in [6.07, 6.45) is 11.0. The molecule has 3 aliphatic carbocycles. The van der Waals surface area contributed by atoms with Gasteiger partial charge in [-0.05, 0) is 87.5 Å². The van der Waals surface area contributed by atoms with Crippen LogP contribution in [0.2, 0.25) is 0 Å². The zero-order valence-corrected chi connectivity index (χ0v) is 21.5. The second-order valence-corrected chi connectivity index (χ2v) is 12.2. The minimum Gasteiger partial charge on any atom is -0.388 e. The highest BCUT2D eigenvalue weighted by atomic mass is 16.5. The molecule has 5 aliphatic rings. The van der Waals surface area contributed by atoms with Crippen molar-refractivity contribution >= 4 is 16.5 Å². The number of hydrogen-bond acceptors (Lipinski definition) is 6. The van der Waals surface area contributed by atoms with Gasteiger partial charge in [0.2, 0.25) is 0 Å². The Morgan fingerprint density at radius 2 is 2.00 bits per heavy atom. The van der Waals surface area contributed by atoms with Crippen LogP contribution in [0, 0.1) is 11.3 Å². The lowest BCUT2D eigenvalue weighted by Crippen LogP contribution is -2.62. The molecule has 2 aromatic rings. The molecule has 7 unspecified atom stereocenters. The van der Waals surface area contributed by atoms with Gasteiger partial charge in [0.1, 0.15) is 12.4 Å². The number of aliphatic hydroxyl groups excluding tert-OH is 2. The van der Waals surface area contributed by atoms with Crippen LogP contribution in [-0.4, -0.2) is 68.6 Å². The van der Waals surface area contributed by atoms with Gasteiger partial charge in [-0.25, -0.2) is 9.97 Å².